The zero-order chi connectivity index (χ0) is 15.0. The molecule has 2 N–H and O–H groups in total. The molecule has 1 atom stereocenters. The molecule has 1 amide bonds. The van der Waals surface area contributed by atoms with Gasteiger partial charge in [0.05, 0.1) is 10.8 Å². The van der Waals surface area contributed by atoms with Crippen molar-refractivity contribution in [3.05, 3.63) is 47.5 Å². The van der Waals surface area contributed by atoms with E-state index in [1.54, 1.807) is 12.1 Å². The minimum atomic E-state index is -0.966. The van der Waals surface area contributed by atoms with Gasteiger partial charge in [0.2, 0.25) is 5.91 Å². The minimum Gasteiger partial charge on any atom is -0.478 e. The number of hydrogen-bond donors (Lipinski definition) is 2. The lowest BCUT2D eigenvalue weighted by atomic mass is 9.96. The van der Waals surface area contributed by atoms with E-state index in [1.807, 2.05) is 24.3 Å². The molecule has 0 aliphatic carbocycles. The molecule has 1 aliphatic heterocycles. The summed E-state index contributed by atoms with van der Waals surface area (Å²) in [6.45, 7) is 0. The van der Waals surface area contributed by atoms with E-state index in [1.165, 1.54) is 11.8 Å². The molecule has 6 heteroatoms. The number of rotatable bonds is 3. The van der Waals surface area contributed by atoms with Crippen molar-refractivity contribution in [1.82, 2.24) is 5.32 Å². The predicted octanol–water partition coefficient (Wildman–Crippen LogP) is 2.60. The van der Waals surface area contributed by atoms with E-state index < -0.39 is 5.97 Å². The fourth-order valence-corrected chi connectivity index (χ4v) is 3.79. The van der Waals surface area contributed by atoms with Gasteiger partial charge in [0.25, 0.3) is 0 Å². The van der Waals surface area contributed by atoms with E-state index in [0.717, 1.165) is 10.9 Å². The van der Waals surface area contributed by atoms with Crippen molar-refractivity contribution in [2.75, 3.05) is 0 Å². The molecule has 0 radical (unpaired) electrons. The number of fused-ring (bicyclic) bond motifs is 1. The highest BCUT2D eigenvalue weighted by atomic mass is 32.2. The first-order chi connectivity index (χ1) is 10.1. The highest BCUT2D eigenvalue weighted by Gasteiger charge is 2.29. The van der Waals surface area contributed by atoms with Crippen molar-refractivity contribution < 1.29 is 14.7 Å². The summed E-state index contributed by atoms with van der Waals surface area (Å²) in [7, 11) is 0. The number of carbonyl (C=O) groups is 2. The Morgan fingerprint density at radius 1 is 1.29 bits per heavy atom. The minimum absolute atomic E-state index is 0.116. The lowest BCUT2D eigenvalue weighted by Gasteiger charge is -2.11. The summed E-state index contributed by atoms with van der Waals surface area (Å²) in [5, 5.41) is 13.2. The van der Waals surface area contributed by atoms with E-state index in [0.29, 0.717) is 16.1 Å². The fourth-order valence-electron chi connectivity index (χ4n) is 2.49. The highest BCUT2D eigenvalue weighted by Crippen LogP contribution is 2.29. The molecule has 0 aromatic heterocycles. The van der Waals surface area contributed by atoms with Crippen LogP contribution in [0.5, 0.6) is 0 Å². The Labute approximate surface area is 130 Å². The first-order valence-electron chi connectivity index (χ1n) is 6.31. The number of carbonyl (C=O) groups excluding carboxylic acids is 1. The first-order valence-corrected chi connectivity index (χ1v) is 7.60. The quantitative estimate of drug-likeness (QED) is 0.852. The number of carboxylic acid groups (broad SMARTS) is 1. The molecule has 1 aliphatic rings. The van der Waals surface area contributed by atoms with E-state index in [2.05, 4.69) is 5.32 Å². The average molecular weight is 317 g/mol. The van der Waals surface area contributed by atoms with Crippen molar-refractivity contribution in [2.24, 2.45) is 0 Å². The zero-order valence-electron chi connectivity index (χ0n) is 10.8. The van der Waals surface area contributed by atoms with Crippen LogP contribution in [0.15, 0.2) is 36.4 Å². The molecule has 1 unspecified atom stereocenters. The monoisotopic (exact) mass is 317 g/mol. The number of nitrogens with one attached hydrogen (secondary N) is 1. The number of thioether (sulfide) groups is 1. The van der Waals surface area contributed by atoms with Gasteiger partial charge >= 0.3 is 5.97 Å². The molecule has 1 saturated heterocycles. The predicted molar refractivity (Wildman–Crippen MR) is 86.7 cm³/mol. The van der Waals surface area contributed by atoms with E-state index in [4.69, 9.17) is 12.2 Å². The van der Waals surface area contributed by atoms with Crippen LogP contribution < -0.4 is 5.32 Å². The Balaban J connectivity index is 2.08. The van der Waals surface area contributed by atoms with Gasteiger partial charge in [-0.15, -0.1) is 0 Å². The number of hydrogen-bond acceptors (Lipinski definition) is 4. The van der Waals surface area contributed by atoms with Gasteiger partial charge in [0.1, 0.15) is 4.32 Å². The Bertz CT molecular complexity index is 767. The molecular formula is C15H11NO3S2. The summed E-state index contributed by atoms with van der Waals surface area (Å²) in [5.74, 6) is -1.08. The lowest BCUT2D eigenvalue weighted by Crippen LogP contribution is -2.25. The van der Waals surface area contributed by atoms with Crippen LogP contribution in [0.1, 0.15) is 15.9 Å². The molecule has 2 aromatic rings. The van der Waals surface area contributed by atoms with Crippen molar-refractivity contribution in [2.45, 2.75) is 11.7 Å². The van der Waals surface area contributed by atoms with Gasteiger partial charge < -0.3 is 10.4 Å². The molecule has 4 nitrogen and oxygen atoms in total. The largest absolute Gasteiger partial charge is 0.478 e. The summed E-state index contributed by atoms with van der Waals surface area (Å²) in [6, 6.07) is 10.8. The first kappa shape index (κ1) is 14.0. The second-order valence-electron chi connectivity index (χ2n) is 4.71. The third-order valence-electron chi connectivity index (χ3n) is 3.39. The van der Waals surface area contributed by atoms with Gasteiger partial charge in [-0.05, 0) is 28.8 Å². The standard InChI is InChI=1S/C15H11NO3S2/c17-13-11(21-15(20)16-13)7-9-5-1-3-8-4-2-6-10(12(8)9)14(18)19/h1-6,11H,7H2,(H,18,19)(H,16,17,20). The molecule has 106 valence electrons. The Kier molecular flexibility index (Phi) is 3.65. The second-order valence-corrected chi connectivity index (χ2v) is 6.59. The normalized spacial score (nSPS) is 18.0. The van der Waals surface area contributed by atoms with Crippen molar-refractivity contribution in [3.63, 3.8) is 0 Å². The molecule has 0 spiro atoms. The molecule has 3 rings (SSSR count). The highest BCUT2D eigenvalue weighted by molar-refractivity contribution is 8.24. The van der Waals surface area contributed by atoms with Crippen molar-refractivity contribution >= 4 is 50.9 Å². The molecule has 1 fully saturated rings. The number of aromatic carboxylic acids is 1. The van der Waals surface area contributed by atoms with Crippen LogP contribution in [-0.4, -0.2) is 26.6 Å². The van der Waals surface area contributed by atoms with Gasteiger partial charge in [-0.3, -0.25) is 4.79 Å². The molecular weight excluding hydrogens is 306 g/mol. The van der Waals surface area contributed by atoms with Crippen molar-refractivity contribution in [3.8, 4) is 0 Å². The number of carboxylic acids is 1. The Hall–Kier alpha value is -1.92. The van der Waals surface area contributed by atoms with Crippen LogP contribution in [0.4, 0.5) is 0 Å². The van der Waals surface area contributed by atoms with Crippen molar-refractivity contribution in [1.29, 1.82) is 0 Å². The summed E-state index contributed by atoms with van der Waals surface area (Å²) < 4.78 is 0.476. The van der Waals surface area contributed by atoms with Gasteiger partial charge in [0, 0.05) is 0 Å². The average Bonchev–Trinajstić information content (AvgIpc) is 2.76. The SMILES string of the molecule is O=C(O)c1cccc2cccc(CC3SC(=S)NC3=O)c12. The Morgan fingerprint density at radius 3 is 2.62 bits per heavy atom. The number of thiocarbonyl (C=S) groups is 1. The maximum Gasteiger partial charge on any atom is 0.336 e. The maximum atomic E-state index is 11.8. The van der Waals surface area contributed by atoms with E-state index in [9.17, 15) is 14.7 Å². The van der Waals surface area contributed by atoms with Gasteiger partial charge in [-0.25, -0.2) is 4.79 Å². The molecule has 0 bridgehead atoms. The lowest BCUT2D eigenvalue weighted by molar-refractivity contribution is -0.118. The molecule has 2 aromatic carbocycles. The van der Waals surface area contributed by atoms with Gasteiger partial charge in [-0.2, -0.15) is 0 Å². The van der Waals surface area contributed by atoms with Gasteiger partial charge in [0.15, 0.2) is 0 Å². The van der Waals surface area contributed by atoms with E-state index in [-0.39, 0.29) is 16.7 Å². The smallest absolute Gasteiger partial charge is 0.336 e. The molecule has 21 heavy (non-hydrogen) atoms. The van der Waals surface area contributed by atoms with E-state index >= 15 is 0 Å². The zero-order valence-corrected chi connectivity index (χ0v) is 12.5. The molecule has 0 saturated carbocycles. The number of amides is 1. The van der Waals surface area contributed by atoms with Crippen LogP contribution in [0.3, 0.4) is 0 Å². The van der Waals surface area contributed by atoms with Crippen LogP contribution in [0.25, 0.3) is 10.8 Å². The molecule has 1 heterocycles. The third-order valence-corrected chi connectivity index (χ3v) is 4.77. The van der Waals surface area contributed by atoms with Crippen LogP contribution in [-0.2, 0) is 11.2 Å². The third kappa shape index (κ3) is 2.64. The summed E-state index contributed by atoms with van der Waals surface area (Å²) in [4.78, 5) is 23.2. The Morgan fingerprint density at radius 2 is 2.00 bits per heavy atom. The fraction of sp³-hybridized carbons (Fsp3) is 0.133. The number of benzene rings is 2. The summed E-state index contributed by atoms with van der Waals surface area (Å²) in [6.07, 6.45) is 0.457. The summed E-state index contributed by atoms with van der Waals surface area (Å²) in [5.41, 5.74) is 1.11. The van der Waals surface area contributed by atoms with Crippen LogP contribution in [0.2, 0.25) is 0 Å². The van der Waals surface area contributed by atoms with Crippen LogP contribution in [0, 0.1) is 0 Å². The summed E-state index contributed by atoms with van der Waals surface area (Å²) >= 11 is 6.30. The maximum absolute atomic E-state index is 11.8. The second kappa shape index (κ2) is 5.46. The van der Waals surface area contributed by atoms with Crippen LogP contribution >= 0.6 is 24.0 Å². The van der Waals surface area contributed by atoms with Gasteiger partial charge in [-0.1, -0.05) is 54.3 Å². The topological polar surface area (TPSA) is 66.4 Å².